The average Bonchev–Trinajstić information content (AvgIpc) is 2.89. The van der Waals surface area contributed by atoms with Crippen molar-refractivity contribution >= 4 is 16.9 Å². The summed E-state index contributed by atoms with van der Waals surface area (Å²) in [5.74, 6) is 0.706. The van der Waals surface area contributed by atoms with Crippen molar-refractivity contribution in [2.24, 2.45) is 7.05 Å². The van der Waals surface area contributed by atoms with Crippen LogP contribution in [0, 0.1) is 6.92 Å². The predicted molar refractivity (Wildman–Crippen MR) is 76.2 cm³/mol. The zero-order chi connectivity index (χ0) is 14.4. The Morgan fingerprint density at radius 2 is 2.10 bits per heavy atom. The standard InChI is InChI=1S/C13H17N5O2/c1-4-5-6-17-8(2)7-18-9-10(14-12(17)18)16(3)13(20)15-11(9)19/h7H,4-6H2,1-3H3,(H,15,19,20). The molecule has 3 aromatic heterocycles. The molecule has 106 valence electrons. The first-order valence-corrected chi connectivity index (χ1v) is 6.71. The van der Waals surface area contributed by atoms with Gasteiger partial charge in [0.15, 0.2) is 11.2 Å². The summed E-state index contributed by atoms with van der Waals surface area (Å²) in [5, 5.41) is 0. The SMILES string of the molecule is CCCCn1c(C)cn2c3c(=O)[nH]c(=O)n(C)c3nc12. The van der Waals surface area contributed by atoms with Gasteiger partial charge in [-0.25, -0.2) is 4.79 Å². The molecule has 0 fully saturated rings. The summed E-state index contributed by atoms with van der Waals surface area (Å²) in [5.41, 5.74) is 1.04. The highest BCUT2D eigenvalue weighted by Crippen LogP contribution is 2.16. The van der Waals surface area contributed by atoms with Gasteiger partial charge < -0.3 is 4.57 Å². The third-order valence-corrected chi connectivity index (χ3v) is 3.65. The van der Waals surface area contributed by atoms with E-state index in [2.05, 4.69) is 21.5 Å². The Bertz CT molecular complexity index is 909. The van der Waals surface area contributed by atoms with Crippen LogP contribution in [-0.4, -0.2) is 23.5 Å². The lowest BCUT2D eigenvalue weighted by Gasteiger charge is -2.03. The number of nitrogens with one attached hydrogen (secondary N) is 1. The van der Waals surface area contributed by atoms with Crippen LogP contribution in [0.1, 0.15) is 25.5 Å². The molecule has 0 atom stereocenters. The summed E-state index contributed by atoms with van der Waals surface area (Å²) >= 11 is 0. The maximum absolute atomic E-state index is 12.0. The number of hydrogen-bond donors (Lipinski definition) is 1. The predicted octanol–water partition coefficient (Wildman–Crippen LogP) is 0.785. The number of aromatic nitrogens is 5. The van der Waals surface area contributed by atoms with Crippen molar-refractivity contribution < 1.29 is 0 Å². The minimum atomic E-state index is -0.444. The molecule has 0 aliphatic carbocycles. The highest BCUT2D eigenvalue weighted by molar-refractivity contribution is 5.75. The van der Waals surface area contributed by atoms with Crippen molar-refractivity contribution in [1.82, 2.24) is 23.5 Å². The number of nitrogens with zero attached hydrogens (tertiary/aromatic N) is 4. The van der Waals surface area contributed by atoms with Crippen LogP contribution in [0.2, 0.25) is 0 Å². The summed E-state index contributed by atoms with van der Waals surface area (Å²) in [6, 6.07) is 0. The molecule has 20 heavy (non-hydrogen) atoms. The first-order valence-electron chi connectivity index (χ1n) is 6.71. The summed E-state index contributed by atoms with van der Waals surface area (Å²) in [4.78, 5) is 30.4. The smallest absolute Gasteiger partial charge is 0.314 e. The molecule has 0 bridgehead atoms. The van der Waals surface area contributed by atoms with E-state index in [4.69, 9.17) is 0 Å². The molecule has 0 aliphatic rings. The van der Waals surface area contributed by atoms with Gasteiger partial charge in [0.2, 0.25) is 5.78 Å². The zero-order valence-corrected chi connectivity index (χ0v) is 11.8. The van der Waals surface area contributed by atoms with Crippen LogP contribution < -0.4 is 11.2 Å². The largest absolute Gasteiger partial charge is 0.329 e. The Kier molecular flexibility index (Phi) is 2.77. The maximum Gasteiger partial charge on any atom is 0.329 e. The number of aromatic amines is 1. The van der Waals surface area contributed by atoms with Crippen molar-refractivity contribution in [2.45, 2.75) is 33.2 Å². The number of fused-ring (bicyclic) bond motifs is 3. The van der Waals surface area contributed by atoms with E-state index in [1.807, 2.05) is 13.1 Å². The molecule has 0 radical (unpaired) electrons. The Balaban J connectivity index is 2.41. The third kappa shape index (κ3) is 1.62. The molecule has 7 heteroatoms. The van der Waals surface area contributed by atoms with Crippen LogP contribution in [0.25, 0.3) is 16.9 Å². The van der Waals surface area contributed by atoms with Crippen molar-refractivity contribution in [1.29, 1.82) is 0 Å². The second kappa shape index (κ2) is 4.36. The fourth-order valence-corrected chi connectivity index (χ4v) is 2.51. The van der Waals surface area contributed by atoms with Crippen LogP contribution in [0.3, 0.4) is 0 Å². The minimum Gasteiger partial charge on any atom is -0.314 e. The second-order valence-electron chi connectivity index (χ2n) is 5.05. The van der Waals surface area contributed by atoms with Gasteiger partial charge in [0.1, 0.15) is 0 Å². The molecule has 0 unspecified atom stereocenters. The monoisotopic (exact) mass is 275 g/mol. The van der Waals surface area contributed by atoms with E-state index in [1.54, 1.807) is 11.4 Å². The van der Waals surface area contributed by atoms with E-state index in [1.165, 1.54) is 4.57 Å². The van der Waals surface area contributed by atoms with Crippen LogP contribution in [0.5, 0.6) is 0 Å². The highest BCUT2D eigenvalue weighted by Gasteiger charge is 2.16. The first kappa shape index (κ1) is 12.7. The number of hydrogen-bond acceptors (Lipinski definition) is 3. The van der Waals surface area contributed by atoms with Gasteiger partial charge in [-0.15, -0.1) is 0 Å². The zero-order valence-electron chi connectivity index (χ0n) is 11.8. The molecular formula is C13H17N5O2. The fraction of sp³-hybridized carbons (Fsp3) is 0.462. The number of unbranched alkanes of at least 4 members (excludes halogenated alkanes) is 1. The van der Waals surface area contributed by atoms with Crippen LogP contribution in [-0.2, 0) is 13.6 Å². The molecule has 0 saturated carbocycles. The quantitative estimate of drug-likeness (QED) is 0.767. The van der Waals surface area contributed by atoms with Crippen molar-refractivity contribution in [3.8, 4) is 0 Å². The number of rotatable bonds is 3. The number of imidazole rings is 2. The minimum absolute atomic E-state index is 0.400. The normalized spacial score (nSPS) is 11.8. The lowest BCUT2D eigenvalue weighted by Crippen LogP contribution is -2.28. The topological polar surface area (TPSA) is 77.1 Å². The number of H-pyrrole nitrogens is 1. The van der Waals surface area contributed by atoms with Crippen LogP contribution in [0.4, 0.5) is 0 Å². The molecule has 1 N–H and O–H groups in total. The molecule has 0 amide bonds. The lowest BCUT2D eigenvalue weighted by molar-refractivity contribution is 0.632. The van der Waals surface area contributed by atoms with Gasteiger partial charge in [0, 0.05) is 25.5 Å². The van der Waals surface area contributed by atoms with Gasteiger partial charge in [-0.1, -0.05) is 13.3 Å². The van der Waals surface area contributed by atoms with Crippen molar-refractivity contribution in [3.05, 3.63) is 32.7 Å². The Morgan fingerprint density at radius 1 is 1.35 bits per heavy atom. The molecule has 7 nitrogen and oxygen atoms in total. The van der Waals surface area contributed by atoms with Crippen LogP contribution >= 0.6 is 0 Å². The summed E-state index contributed by atoms with van der Waals surface area (Å²) in [6.07, 6.45) is 4.02. The fourth-order valence-electron chi connectivity index (χ4n) is 2.51. The van der Waals surface area contributed by atoms with E-state index < -0.39 is 11.2 Å². The van der Waals surface area contributed by atoms with Gasteiger partial charge in [-0.3, -0.25) is 18.7 Å². The van der Waals surface area contributed by atoms with Gasteiger partial charge in [0.05, 0.1) is 0 Å². The molecule has 3 aromatic rings. The van der Waals surface area contributed by atoms with Gasteiger partial charge >= 0.3 is 5.69 Å². The lowest BCUT2D eigenvalue weighted by atomic mass is 10.3. The molecular weight excluding hydrogens is 258 g/mol. The third-order valence-electron chi connectivity index (χ3n) is 3.65. The van der Waals surface area contributed by atoms with Gasteiger partial charge in [-0.2, -0.15) is 4.98 Å². The molecule has 0 aromatic carbocycles. The molecule has 3 heterocycles. The van der Waals surface area contributed by atoms with Crippen molar-refractivity contribution in [2.75, 3.05) is 0 Å². The Morgan fingerprint density at radius 3 is 2.80 bits per heavy atom. The van der Waals surface area contributed by atoms with E-state index >= 15 is 0 Å². The Hall–Kier alpha value is -2.31. The van der Waals surface area contributed by atoms with E-state index in [-0.39, 0.29) is 0 Å². The van der Waals surface area contributed by atoms with E-state index in [0.717, 1.165) is 25.1 Å². The molecule has 3 rings (SSSR count). The van der Waals surface area contributed by atoms with Crippen molar-refractivity contribution in [3.63, 3.8) is 0 Å². The maximum atomic E-state index is 12.0. The van der Waals surface area contributed by atoms with Gasteiger partial charge in [0.25, 0.3) is 5.56 Å². The van der Waals surface area contributed by atoms with E-state index in [9.17, 15) is 9.59 Å². The molecule has 0 aliphatic heterocycles. The second-order valence-corrected chi connectivity index (χ2v) is 5.05. The van der Waals surface area contributed by atoms with Gasteiger partial charge in [-0.05, 0) is 13.3 Å². The van der Waals surface area contributed by atoms with Crippen LogP contribution in [0.15, 0.2) is 15.8 Å². The Labute approximate surface area is 114 Å². The summed E-state index contributed by atoms with van der Waals surface area (Å²) < 4.78 is 5.20. The molecule has 0 saturated heterocycles. The molecule has 0 spiro atoms. The summed E-state index contributed by atoms with van der Waals surface area (Å²) in [6.45, 7) is 4.98. The van der Waals surface area contributed by atoms with E-state index in [0.29, 0.717) is 16.9 Å². The first-order chi connectivity index (χ1) is 9.54. The summed E-state index contributed by atoms with van der Waals surface area (Å²) in [7, 11) is 1.61. The average molecular weight is 275 g/mol. The highest BCUT2D eigenvalue weighted by atomic mass is 16.2. The number of aryl methyl sites for hydroxylation is 3.